The van der Waals surface area contributed by atoms with Crippen LogP contribution in [-0.2, 0) is 9.53 Å². The van der Waals surface area contributed by atoms with Gasteiger partial charge >= 0.3 is 5.97 Å². The zero-order chi connectivity index (χ0) is 29.8. The van der Waals surface area contributed by atoms with Crippen LogP contribution in [0, 0.1) is 6.92 Å². The van der Waals surface area contributed by atoms with Gasteiger partial charge in [0.25, 0.3) is 5.56 Å². The van der Waals surface area contributed by atoms with Crippen molar-refractivity contribution in [3.63, 3.8) is 0 Å². The molecule has 0 aliphatic carbocycles. The summed E-state index contributed by atoms with van der Waals surface area (Å²) >= 11 is 12.8. The van der Waals surface area contributed by atoms with E-state index in [2.05, 4.69) is 18.9 Å². The van der Waals surface area contributed by atoms with Crippen molar-refractivity contribution in [1.82, 2.24) is 9.66 Å². The number of methoxy groups -OCH3 is 1. The molecule has 0 unspecified atom stereocenters. The van der Waals surface area contributed by atoms with E-state index in [0.717, 1.165) is 22.4 Å². The number of hydrogen-bond acceptors (Lipinski definition) is 7. The van der Waals surface area contributed by atoms with Gasteiger partial charge in [-0.25, -0.2) is 9.78 Å². The number of hydrogen-bond donors (Lipinski definition) is 0. The van der Waals surface area contributed by atoms with Gasteiger partial charge in [0.05, 0.1) is 40.4 Å². The number of ether oxygens (including phenoxy) is 3. The summed E-state index contributed by atoms with van der Waals surface area (Å²) < 4.78 is 17.5. The van der Waals surface area contributed by atoms with E-state index in [1.807, 2.05) is 25.1 Å². The lowest BCUT2D eigenvalue weighted by Gasteiger charge is -2.17. The number of esters is 1. The molecule has 0 saturated heterocycles. The zero-order valence-electron chi connectivity index (χ0n) is 23.7. The first-order chi connectivity index (χ1) is 19.5. The maximum atomic E-state index is 13.7. The van der Waals surface area contributed by atoms with Gasteiger partial charge in [0.1, 0.15) is 5.75 Å². The van der Waals surface area contributed by atoms with E-state index >= 15 is 0 Å². The highest BCUT2D eigenvalue weighted by molar-refractivity contribution is 6.37. The van der Waals surface area contributed by atoms with Gasteiger partial charge < -0.3 is 14.2 Å². The minimum Gasteiger partial charge on any atom is -0.496 e. The van der Waals surface area contributed by atoms with Crippen molar-refractivity contribution >= 4 is 46.3 Å². The van der Waals surface area contributed by atoms with Crippen molar-refractivity contribution in [3.8, 4) is 22.9 Å². The Morgan fingerprint density at radius 1 is 1.07 bits per heavy atom. The molecule has 0 fully saturated rings. The molecule has 8 nitrogen and oxygen atoms in total. The highest BCUT2D eigenvalue weighted by Crippen LogP contribution is 2.35. The summed E-state index contributed by atoms with van der Waals surface area (Å²) in [6.45, 7) is 9.23. The van der Waals surface area contributed by atoms with Crippen molar-refractivity contribution in [1.29, 1.82) is 0 Å². The number of carbonyl (C=O) groups is 1. The lowest BCUT2D eigenvalue weighted by atomic mass is 9.96. The second kappa shape index (κ2) is 12.7. The van der Waals surface area contributed by atoms with Gasteiger partial charge in [-0.3, -0.25) is 4.79 Å². The van der Waals surface area contributed by atoms with E-state index in [4.69, 9.17) is 42.4 Å². The molecule has 0 spiro atoms. The molecular weight excluding hydrogens is 565 g/mol. The minimum absolute atomic E-state index is 0.145. The third-order valence-electron chi connectivity index (χ3n) is 6.24. The van der Waals surface area contributed by atoms with Crippen molar-refractivity contribution in [3.05, 3.63) is 85.6 Å². The van der Waals surface area contributed by atoms with Gasteiger partial charge in [-0.05, 0) is 79.8 Å². The van der Waals surface area contributed by atoms with Crippen LogP contribution in [0.1, 0.15) is 50.3 Å². The van der Waals surface area contributed by atoms with Gasteiger partial charge in [0.2, 0.25) is 0 Å². The summed E-state index contributed by atoms with van der Waals surface area (Å²) in [4.78, 5) is 30.4. The van der Waals surface area contributed by atoms with Crippen LogP contribution in [0.5, 0.6) is 11.5 Å². The Labute approximate surface area is 248 Å². The smallest absolute Gasteiger partial charge is 0.344 e. The third kappa shape index (κ3) is 6.72. The molecule has 3 aromatic carbocycles. The summed E-state index contributed by atoms with van der Waals surface area (Å²) in [7, 11) is 1.64. The molecule has 1 aromatic heterocycles. The first-order valence-electron chi connectivity index (χ1n) is 13.1. The Kier molecular flexibility index (Phi) is 9.35. The molecule has 0 bridgehead atoms. The summed E-state index contributed by atoms with van der Waals surface area (Å²) in [5.41, 5.74) is 3.35. The number of carbonyl (C=O) groups excluding carboxylic acids is 1. The fourth-order valence-electron chi connectivity index (χ4n) is 4.32. The molecular formula is C31H31Cl2N3O5. The summed E-state index contributed by atoms with van der Waals surface area (Å²) in [5, 5.41) is 5.31. The van der Waals surface area contributed by atoms with Crippen molar-refractivity contribution < 1.29 is 19.0 Å². The number of aryl methyl sites for hydroxylation is 1. The average Bonchev–Trinajstić information content (AvgIpc) is 2.91. The SMILES string of the molecule is COc1cc(C)c(-c2nc3ccccc3c(=O)n2N=Cc2cc(Cl)c(OCC(=O)OC(C)C)c(Cl)c2)cc1C(C)C. The number of rotatable bonds is 9. The van der Waals surface area contributed by atoms with Crippen molar-refractivity contribution in [2.24, 2.45) is 5.10 Å². The molecule has 0 aliphatic heterocycles. The Balaban J connectivity index is 1.79. The van der Waals surface area contributed by atoms with E-state index in [1.54, 1.807) is 51.3 Å². The molecule has 0 saturated carbocycles. The van der Waals surface area contributed by atoms with E-state index in [-0.39, 0.29) is 40.0 Å². The van der Waals surface area contributed by atoms with Crippen LogP contribution in [0.3, 0.4) is 0 Å². The quantitative estimate of drug-likeness (QED) is 0.152. The third-order valence-corrected chi connectivity index (χ3v) is 6.80. The lowest BCUT2D eigenvalue weighted by molar-refractivity contribution is -0.149. The minimum atomic E-state index is -0.539. The molecule has 4 aromatic rings. The van der Waals surface area contributed by atoms with Gasteiger partial charge in [-0.1, -0.05) is 49.2 Å². The highest BCUT2D eigenvalue weighted by Gasteiger charge is 2.19. The molecule has 0 N–H and O–H groups in total. The molecule has 4 rings (SSSR count). The van der Waals surface area contributed by atoms with Crippen LogP contribution < -0.4 is 15.0 Å². The zero-order valence-corrected chi connectivity index (χ0v) is 25.2. The normalized spacial score (nSPS) is 11.6. The van der Waals surface area contributed by atoms with Crippen LogP contribution in [0.2, 0.25) is 10.0 Å². The van der Waals surface area contributed by atoms with Crippen LogP contribution >= 0.6 is 23.2 Å². The molecule has 10 heteroatoms. The van der Waals surface area contributed by atoms with E-state index in [1.165, 1.54) is 10.9 Å². The second-order valence-corrected chi connectivity index (χ2v) is 10.8. The molecule has 214 valence electrons. The standard InChI is InChI=1S/C31H31Cl2N3O5/c1-17(2)22-14-23(19(5)11-27(22)39-6)30-35-26-10-8-7-9-21(26)31(38)36(30)34-15-20-12-24(32)29(25(33)13-20)40-16-28(37)41-18(3)4/h7-15,17-18H,16H2,1-6H3. The van der Waals surface area contributed by atoms with Crippen LogP contribution in [0.4, 0.5) is 0 Å². The monoisotopic (exact) mass is 595 g/mol. The fourth-order valence-corrected chi connectivity index (χ4v) is 4.93. The maximum absolute atomic E-state index is 13.7. The van der Waals surface area contributed by atoms with E-state index in [0.29, 0.717) is 22.3 Å². The van der Waals surface area contributed by atoms with E-state index < -0.39 is 5.97 Å². The number of halogens is 2. The van der Waals surface area contributed by atoms with Gasteiger partial charge in [0, 0.05) is 5.56 Å². The largest absolute Gasteiger partial charge is 0.496 e. The summed E-state index contributed by atoms with van der Waals surface area (Å²) in [5.74, 6) is 0.927. The molecule has 1 heterocycles. The lowest BCUT2D eigenvalue weighted by Crippen LogP contribution is -2.21. The number of benzene rings is 3. The maximum Gasteiger partial charge on any atom is 0.344 e. The Morgan fingerprint density at radius 2 is 1.76 bits per heavy atom. The number of fused-ring (bicyclic) bond motifs is 1. The van der Waals surface area contributed by atoms with Crippen LogP contribution in [-0.4, -0.2) is 41.7 Å². The Bertz CT molecular complexity index is 1670. The summed E-state index contributed by atoms with van der Waals surface area (Å²) in [6, 6.07) is 14.2. The average molecular weight is 597 g/mol. The molecule has 0 atom stereocenters. The highest BCUT2D eigenvalue weighted by atomic mass is 35.5. The number of nitrogens with zero attached hydrogens (tertiary/aromatic N) is 3. The first-order valence-corrected chi connectivity index (χ1v) is 13.8. The second-order valence-electron chi connectivity index (χ2n) is 10.0. The number of aromatic nitrogens is 2. The fraction of sp³-hybridized carbons (Fsp3) is 0.290. The Morgan fingerprint density at radius 3 is 2.39 bits per heavy atom. The first kappa shape index (κ1) is 30.1. The number of para-hydroxylation sites is 1. The predicted octanol–water partition coefficient (Wildman–Crippen LogP) is 7.02. The van der Waals surface area contributed by atoms with Gasteiger partial charge in [-0.2, -0.15) is 9.78 Å². The molecule has 0 amide bonds. The Hall–Kier alpha value is -3.88. The van der Waals surface area contributed by atoms with E-state index in [9.17, 15) is 9.59 Å². The topological polar surface area (TPSA) is 92.0 Å². The molecule has 41 heavy (non-hydrogen) atoms. The van der Waals surface area contributed by atoms with Gasteiger partial charge in [0.15, 0.2) is 18.2 Å². The van der Waals surface area contributed by atoms with Crippen molar-refractivity contribution in [2.75, 3.05) is 13.7 Å². The summed E-state index contributed by atoms with van der Waals surface area (Å²) in [6.07, 6.45) is 1.20. The van der Waals surface area contributed by atoms with Crippen LogP contribution in [0.15, 0.2) is 58.4 Å². The molecule has 0 aliphatic rings. The van der Waals surface area contributed by atoms with Gasteiger partial charge in [-0.15, -0.1) is 0 Å². The molecule has 0 radical (unpaired) electrons. The van der Waals surface area contributed by atoms with Crippen molar-refractivity contribution in [2.45, 2.75) is 46.6 Å². The van der Waals surface area contributed by atoms with Crippen LogP contribution in [0.25, 0.3) is 22.3 Å². The predicted molar refractivity (Wildman–Crippen MR) is 163 cm³/mol.